The average molecular weight is 396 g/mol. The molecule has 0 aromatic heterocycles. The number of hydrogen-bond acceptors (Lipinski definition) is 7. The van der Waals surface area contributed by atoms with Crippen LogP contribution in [0.2, 0.25) is 0 Å². The van der Waals surface area contributed by atoms with Gasteiger partial charge < -0.3 is 4.74 Å². The van der Waals surface area contributed by atoms with Crippen molar-refractivity contribution in [2.75, 3.05) is 31.7 Å². The monoisotopic (exact) mass is 396 g/mol. The van der Waals surface area contributed by atoms with Crippen molar-refractivity contribution in [1.29, 1.82) is 0 Å². The van der Waals surface area contributed by atoms with Gasteiger partial charge in [-0.15, -0.1) is 0 Å². The summed E-state index contributed by atoms with van der Waals surface area (Å²) >= 11 is 0. The molecule has 0 radical (unpaired) electrons. The molecule has 1 heterocycles. The van der Waals surface area contributed by atoms with Gasteiger partial charge in [0.15, 0.2) is 0 Å². The zero-order valence-electron chi connectivity index (χ0n) is 15.3. The molecular formula is C17H24N4O5S. The first-order chi connectivity index (χ1) is 12.9. The first kappa shape index (κ1) is 19.7. The quantitative estimate of drug-likeness (QED) is 0.604. The van der Waals surface area contributed by atoms with Crippen LogP contribution in [0.25, 0.3) is 0 Å². The molecule has 0 unspecified atom stereocenters. The predicted molar refractivity (Wildman–Crippen MR) is 101 cm³/mol. The van der Waals surface area contributed by atoms with Crippen LogP contribution < -0.4 is 5.43 Å². The number of rotatable bonds is 5. The lowest BCUT2D eigenvalue weighted by Crippen LogP contribution is -2.40. The Morgan fingerprint density at radius 3 is 2.70 bits per heavy atom. The Labute approximate surface area is 158 Å². The molecule has 0 bridgehead atoms. The highest BCUT2D eigenvalue weighted by Gasteiger charge is 2.30. The van der Waals surface area contributed by atoms with Crippen LogP contribution in [0.15, 0.2) is 28.2 Å². The topological polar surface area (TPSA) is 114 Å². The van der Waals surface area contributed by atoms with E-state index in [1.807, 2.05) is 0 Å². The third kappa shape index (κ3) is 4.45. The van der Waals surface area contributed by atoms with Gasteiger partial charge in [0.2, 0.25) is 10.0 Å². The fourth-order valence-corrected chi connectivity index (χ4v) is 4.89. The van der Waals surface area contributed by atoms with E-state index in [1.54, 1.807) is 0 Å². The summed E-state index contributed by atoms with van der Waals surface area (Å²) in [6, 6.07) is 3.78. The van der Waals surface area contributed by atoms with Gasteiger partial charge >= 0.3 is 0 Å². The minimum Gasteiger partial charge on any atom is -0.379 e. The van der Waals surface area contributed by atoms with Crippen molar-refractivity contribution in [3.05, 3.63) is 28.3 Å². The van der Waals surface area contributed by atoms with Crippen molar-refractivity contribution in [3.8, 4) is 0 Å². The molecule has 0 spiro atoms. The van der Waals surface area contributed by atoms with E-state index in [0.29, 0.717) is 19.1 Å². The Morgan fingerprint density at radius 1 is 1.30 bits per heavy atom. The van der Waals surface area contributed by atoms with Crippen LogP contribution in [-0.4, -0.2) is 49.7 Å². The van der Waals surface area contributed by atoms with E-state index in [-0.39, 0.29) is 29.4 Å². The Bertz CT molecular complexity index is 834. The highest BCUT2D eigenvalue weighted by molar-refractivity contribution is 7.89. The molecule has 2 fully saturated rings. The van der Waals surface area contributed by atoms with E-state index in [9.17, 15) is 18.5 Å². The van der Waals surface area contributed by atoms with E-state index >= 15 is 0 Å². The maximum Gasteiger partial charge on any atom is 0.270 e. The zero-order valence-corrected chi connectivity index (χ0v) is 16.1. The molecule has 3 rings (SSSR count). The number of anilines is 1. The lowest BCUT2D eigenvalue weighted by molar-refractivity contribution is -0.385. The normalized spacial score (nSPS) is 23.3. The molecule has 1 aliphatic carbocycles. The van der Waals surface area contributed by atoms with Crippen molar-refractivity contribution in [2.45, 2.75) is 37.5 Å². The standard InChI is InChI=1S/C17H24N4O5S/c1-13-4-2-3-5-15(13)18-19-16-7-6-14(21(22)23)12-17(16)27(24,25)20-8-10-26-11-9-20/h6-7,12-13,19H,2-5,8-11H2,1H3/b18-15-/t13-/m1/s1. The van der Waals surface area contributed by atoms with E-state index < -0.39 is 14.9 Å². The molecule has 9 nitrogen and oxygen atoms in total. The number of hydrazone groups is 1. The SMILES string of the molecule is C[C@@H]1CCCC/C1=N/Nc1ccc([N+](=O)[O-])cc1S(=O)(=O)N1CCOCC1. The summed E-state index contributed by atoms with van der Waals surface area (Å²) in [6.07, 6.45) is 4.14. The molecule has 1 atom stereocenters. The number of nitrogens with zero attached hydrogens (tertiary/aromatic N) is 3. The summed E-state index contributed by atoms with van der Waals surface area (Å²) in [4.78, 5) is 10.4. The van der Waals surface area contributed by atoms with Gasteiger partial charge in [0.25, 0.3) is 5.69 Å². The highest BCUT2D eigenvalue weighted by atomic mass is 32.2. The van der Waals surface area contributed by atoms with Crippen molar-refractivity contribution < 1.29 is 18.1 Å². The molecule has 1 saturated carbocycles. The number of non-ortho nitro benzene ring substituents is 1. The lowest BCUT2D eigenvalue weighted by Gasteiger charge is -2.27. The van der Waals surface area contributed by atoms with Gasteiger partial charge in [0, 0.05) is 30.9 Å². The molecule has 27 heavy (non-hydrogen) atoms. The minimum absolute atomic E-state index is 0.133. The highest BCUT2D eigenvalue weighted by Crippen LogP contribution is 2.30. The van der Waals surface area contributed by atoms with Crippen LogP contribution in [0.3, 0.4) is 0 Å². The first-order valence-electron chi connectivity index (χ1n) is 9.08. The van der Waals surface area contributed by atoms with E-state index in [4.69, 9.17) is 4.74 Å². The molecule has 1 N–H and O–H groups in total. The zero-order chi connectivity index (χ0) is 19.4. The average Bonchev–Trinajstić information content (AvgIpc) is 2.68. The van der Waals surface area contributed by atoms with Gasteiger partial charge in [-0.05, 0) is 31.2 Å². The minimum atomic E-state index is -3.90. The Hall–Kier alpha value is -2.04. The van der Waals surface area contributed by atoms with Gasteiger partial charge in [0.1, 0.15) is 4.90 Å². The van der Waals surface area contributed by atoms with Crippen molar-refractivity contribution in [1.82, 2.24) is 4.31 Å². The number of nitro benzene ring substituents is 1. The van der Waals surface area contributed by atoms with Crippen LogP contribution in [0.1, 0.15) is 32.6 Å². The van der Waals surface area contributed by atoms with Gasteiger partial charge in [-0.2, -0.15) is 9.41 Å². The van der Waals surface area contributed by atoms with Crippen LogP contribution in [0.5, 0.6) is 0 Å². The van der Waals surface area contributed by atoms with Gasteiger partial charge in [0.05, 0.1) is 23.8 Å². The number of hydrogen-bond donors (Lipinski definition) is 1. The van der Waals surface area contributed by atoms with Gasteiger partial charge in [-0.3, -0.25) is 15.5 Å². The second-order valence-electron chi connectivity index (χ2n) is 6.82. The fraction of sp³-hybridized carbons (Fsp3) is 0.588. The van der Waals surface area contributed by atoms with E-state index in [2.05, 4.69) is 17.5 Å². The van der Waals surface area contributed by atoms with Crippen molar-refractivity contribution in [2.24, 2.45) is 11.0 Å². The van der Waals surface area contributed by atoms with Gasteiger partial charge in [-0.1, -0.05) is 13.3 Å². The summed E-state index contributed by atoms with van der Waals surface area (Å²) in [5.74, 6) is 0.337. The summed E-state index contributed by atoms with van der Waals surface area (Å²) in [5.41, 5.74) is 3.82. The van der Waals surface area contributed by atoms with Crippen LogP contribution in [0, 0.1) is 16.0 Å². The molecule has 2 aliphatic rings. The largest absolute Gasteiger partial charge is 0.379 e. The molecule has 10 heteroatoms. The molecule has 1 saturated heterocycles. The van der Waals surface area contributed by atoms with E-state index in [1.165, 1.54) is 16.4 Å². The first-order valence-corrected chi connectivity index (χ1v) is 10.5. The number of nitro groups is 1. The molecule has 1 aromatic rings. The smallest absolute Gasteiger partial charge is 0.270 e. The second kappa shape index (κ2) is 8.32. The molecular weight excluding hydrogens is 372 g/mol. The molecule has 148 valence electrons. The maximum atomic E-state index is 13.1. The fourth-order valence-electron chi connectivity index (χ4n) is 3.32. The molecule has 1 aliphatic heterocycles. The summed E-state index contributed by atoms with van der Waals surface area (Å²) in [6.45, 7) is 3.14. The van der Waals surface area contributed by atoms with E-state index in [0.717, 1.165) is 37.5 Å². The van der Waals surface area contributed by atoms with Crippen molar-refractivity contribution >= 4 is 27.1 Å². The number of ether oxygens (including phenoxy) is 1. The Morgan fingerprint density at radius 2 is 2.04 bits per heavy atom. The second-order valence-corrected chi connectivity index (χ2v) is 8.72. The predicted octanol–water partition coefficient (Wildman–Crippen LogP) is 2.59. The third-order valence-electron chi connectivity index (χ3n) is 4.97. The third-order valence-corrected chi connectivity index (χ3v) is 6.91. The number of morpholine rings is 1. The number of sulfonamides is 1. The Balaban J connectivity index is 1.95. The lowest BCUT2D eigenvalue weighted by atomic mass is 9.89. The van der Waals surface area contributed by atoms with Crippen LogP contribution in [0.4, 0.5) is 11.4 Å². The van der Waals surface area contributed by atoms with Crippen LogP contribution >= 0.6 is 0 Å². The summed E-state index contributed by atoms with van der Waals surface area (Å²) in [7, 11) is -3.90. The summed E-state index contributed by atoms with van der Waals surface area (Å²) < 4.78 is 32.6. The Kier molecular flexibility index (Phi) is 6.08. The number of benzene rings is 1. The van der Waals surface area contributed by atoms with Gasteiger partial charge in [-0.25, -0.2) is 8.42 Å². The molecule has 1 aromatic carbocycles. The van der Waals surface area contributed by atoms with Crippen molar-refractivity contribution in [3.63, 3.8) is 0 Å². The molecule has 0 amide bonds. The maximum absolute atomic E-state index is 13.1. The number of nitrogens with one attached hydrogen (secondary N) is 1. The van der Waals surface area contributed by atoms with Crippen LogP contribution in [-0.2, 0) is 14.8 Å². The summed E-state index contributed by atoms with van der Waals surface area (Å²) in [5, 5.41) is 15.6.